The average Bonchev–Trinajstić information content (AvgIpc) is 3.08. The lowest BCUT2D eigenvalue weighted by atomic mass is 9.99. The third kappa shape index (κ3) is 4.00. The smallest absolute Gasteiger partial charge is 0.406 e. The van der Waals surface area contributed by atoms with Gasteiger partial charge in [-0.2, -0.15) is 0 Å². The van der Waals surface area contributed by atoms with Crippen molar-refractivity contribution in [3.63, 3.8) is 0 Å². The van der Waals surface area contributed by atoms with Crippen LogP contribution in [0, 0.1) is 0 Å². The minimum atomic E-state index is -4.69. The molecule has 2 aromatic rings. The summed E-state index contributed by atoms with van der Waals surface area (Å²) in [6.07, 6.45) is -2.25. The number of anilines is 1. The second-order valence-corrected chi connectivity index (χ2v) is 5.88. The zero-order chi connectivity index (χ0) is 17.2. The molecule has 0 bridgehead atoms. The molecule has 0 spiro atoms. The van der Waals surface area contributed by atoms with Crippen molar-refractivity contribution in [2.75, 3.05) is 18.0 Å². The molecule has 0 radical (unpaired) electrons. The molecule has 1 aliphatic heterocycles. The summed E-state index contributed by atoms with van der Waals surface area (Å²) in [7, 11) is 0. The SMILES string of the molecule is N[C@@H](c1ccc(OC(F)(F)F)cc1)c1ccc(N2CCCC2)cc1. The van der Waals surface area contributed by atoms with E-state index in [1.54, 1.807) is 12.1 Å². The van der Waals surface area contributed by atoms with Gasteiger partial charge in [0.15, 0.2) is 0 Å². The van der Waals surface area contributed by atoms with Gasteiger partial charge in [0.2, 0.25) is 0 Å². The van der Waals surface area contributed by atoms with Crippen LogP contribution in [0.3, 0.4) is 0 Å². The molecule has 1 atom stereocenters. The highest BCUT2D eigenvalue weighted by Gasteiger charge is 2.31. The maximum atomic E-state index is 12.2. The Hall–Kier alpha value is -2.21. The maximum Gasteiger partial charge on any atom is 0.573 e. The summed E-state index contributed by atoms with van der Waals surface area (Å²) >= 11 is 0. The normalized spacial score (nSPS) is 16.2. The third-order valence-corrected chi connectivity index (χ3v) is 4.20. The summed E-state index contributed by atoms with van der Waals surface area (Å²) in [6.45, 7) is 2.15. The first kappa shape index (κ1) is 16.6. The first-order valence-corrected chi connectivity index (χ1v) is 7.88. The predicted octanol–water partition coefficient (Wildman–Crippen LogP) is 4.23. The summed E-state index contributed by atoms with van der Waals surface area (Å²) in [4.78, 5) is 2.33. The van der Waals surface area contributed by atoms with Crippen LogP contribution in [0.5, 0.6) is 5.75 Å². The monoisotopic (exact) mass is 336 g/mol. The van der Waals surface area contributed by atoms with Gasteiger partial charge in [0.1, 0.15) is 5.75 Å². The van der Waals surface area contributed by atoms with Crippen molar-refractivity contribution in [3.8, 4) is 5.75 Å². The Kier molecular flexibility index (Phi) is 4.66. The molecule has 1 saturated heterocycles. The van der Waals surface area contributed by atoms with Crippen LogP contribution in [0.25, 0.3) is 0 Å². The minimum absolute atomic E-state index is 0.247. The van der Waals surface area contributed by atoms with E-state index in [0.29, 0.717) is 0 Å². The summed E-state index contributed by atoms with van der Waals surface area (Å²) in [5.41, 5.74) is 9.05. The van der Waals surface area contributed by atoms with Crippen molar-refractivity contribution >= 4 is 5.69 Å². The Morgan fingerprint density at radius 2 is 1.38 bits per heavy atom. The fourth-order valence-electron chi connectivity index (χ4n) is 2.94. The van der Waals surface area contributed by atoms with E-state index >= 15 is 0 Å². The van der Waals surface area contributed by atoms with Crippen LogP contribution in [-0.4, -0.2) is 19.5 Å². The van der Waals surface area contributed by atoms with Crippen LogP contribution in [0.2, 0.25) is 0 Å². The topological polar surface area (TPSA) is 38.5 Å². The lowest BCUT2D eigenvalue weighted by Gasteiger charge is -2.19. The summed E-state index contributed by atoms with van der Waals surface area (Å²) in [5.74, 6) is -0.247. The zero-order valence-corrected chi connectivity index (χ0v) is 13.1. The molecule has 1 fully saturated rings. The molecule has 0 aliphatic carbocycles. The highest BCUT2D eigenvalue weighted by Crippen LogP contribution is 2.27. The predicted molar refractivity (Wildman–Crippen MR) is 87.0 cm³/mol. The third-order valence-electron chi connectivity index (χ3n) is 4.20. The van der Waals surface area contributed by atoms with Crippen LogP contribution in [0.4, 0.5) is 18.9 Å². The number of alkyl halides is 3. The van der Waals surface area contributed by atoms with Gasteiger partial charge in [-0.15, -0.1) is 13.2 Å². The number of nitrogens with two attached hydrogens (primary N) is 1. The Labute approximate surface area is 138 Å². The summed E-state index contributed by atoms with van der Waals surface area (Å²) in [6, 6.07) is 13.3. The van der Waals surface area contributed by atoms with Gasteiger partial charge in [0.05, 0.1) is 6.04 Å². The number of ether oxygens (including phenoxy) is 1. The number of halogens is 3. The number of rotatable bonds is 4. The van der Waals surface area contributed by atoms with Crippen molar-refractivity contribution in [1.82, 2.24) is 0 Å². The van der Waals surface area contributed by atoms with Gasteiger partial charge in [-0.1, -0.05) is 24.3 Å². The van der Waals surface area contributed by atoms with Gasteiger partial charge < -0.3 is 15.4 Å². The number of benzene rings is 2. The van der Waals surface area contributed by atoms with Gasteiger partial charge in [0.25, 0.3) is 0 Å². The largest absolute Gasteiger partial charge is 0.573 e. The highest BCUT2D eigenvalue weighted by molar-refractivity contribution is 5.49. The van der Waals surface area contributed by atoms with Gasteiger partial charge >= 0.3 is 6.36 Å². The quantitative estimate of drug-likeness (QED) is 0.908. The molecule has 1 heterocycles. The lowest BCUT2D eigenvalue weighted by Crippen LogP contribution is -2.18. The number of hydrogen-bond donors (Lipinski definition) is 1. The molecule has 0 aromatic heterocycles. The molecule has 0 saturated carbocycles. The van der Waals surface area contributed by atoms with Crippen molar-refractivity contribution in [2.45, 2.75) is 25.2 Å². The first-order valence-electron chi connectivity index (χ1n) is 7.88. The zero-order valence-electron chi connectivity index (χ0n) is 13.1. The van der Waals surface area contributed by atoms with E-state index in [1.165, 1.54) is 30.7 Å². The van der Waals surface area contributed by atoms with E-state index in [4.69, 9.17) is 5.73 Å². The molecule has 0 amide bonds. The van der Waals surface area contributed by atoms with Gasteiger partial charge in [-0.3, -0.25) is 0 Å². The molecule has 2 aromatic carbocycles. The molecular weight excluding hydrogens is 317 g/mol. The van der Waals surface area contributed by atoms with E-state index in [-0.39, 0.29) is 5.75 Å². The second-order valence-electron chi connectivity index (χ2n) is 5.88. The van der Waals surface area contributed by atoms with Crippen molar-refractivity contribution in [1.29, 1.82) is 0 Å². The Bertz CT molecular complexity index is 662. The van der Waals surface area contributed by atoms with Crippen LogP contribution >= 0.6 is 0 Å². The molecule has 3 rings (SSSR count). The highest BCUT2D eigenvalue weighted by atomic mass is 19.4. The van der Waals surface area contributed by atoms with Crippen molar-refractivity contribution in [2.24, 2.45) is 5.73 Å². The molecule has 6 heteroatoms. The van der Waals surface area contributed by atoms with E-state index in [9.17, 15) is 13.2 Å². The second kappa shape index (κ2) is 6.73. The van der Waals surface area contributed by atoms with Crippen LogP contribution < -0.4 is 15.4 Å². The minimum Gasteiger partial charge on any atom is -0.406 e. The Balaban J connectivity index is 1.70. The molecular formula is C18H19F3N2O. The maximum absolute atomic E-state index is 12.2. The van der Waals surface area contributed by atoms with Crippen molar-refractivity contribution in [3.05, 3.63) is 59.7 Å². The molecule has 2 N–H and O–H groups in total. The standard InChI is InChI=1S/C18H19F3N2O/c19-18(20,21)24-16-9-5-14(6-10-16)17(22)13-3-7-15(8-4-13)23-11-1-2-12-23/h3-10,17H,1-2,11-12,22H2/t17-/m1/s1. The van der Waals surface area contributed by atoms with E-state index < -0.39 is 12.4 Å². The summed E-state index contributed by atoms with van der Waals surface area (Å²) in [5, 5.41) is 0. The molecule has 1 aliphatic rings. The van der Waals surface area contributed by atoms with Crippen LogP contribution in [0.1, 0.15) is 30.0 Å². The van der Waals surface area contributed by atoms with Gasteiger partial charge in [0, 0.05) is 18.8 Å². The van der Waals surface area contributed by atoms with E-state index in [2.05, 4.69) is 9.64 Å². The fraction of sp³-hybridized carbons (Fsp3) is 0.333. The fourth-order valence-corrected chi connectivity index (χ4v) is 2.94. The van der Waals surface area contributed by atoms with E-state index in [0.717, 1.165) is 24.2 Å². The average molecular weight is 336 g/mol. The summed E-state index contributed by atoms with van der Waals surface area (Å²) < 4.78 is 40.4. The Morgan fingerprint density at radius 3 is 1.88 bits per heavy atom. The molecule has 3 nitrogen and oxygen atoms in total. The van der Waals surface area contributed by atoms with Gasteiger partial charge in [-0.05, 0) is 48.2 Å². The lowest BCUT2D eigenvalue weighted by molar-refractivity contribution is -0.274. The Morgan fingerprint density at radius 1 is 0.875 bits per heavy atom. The van der Waals surface area contributed by atoms with E-state index in [1.807, 2.05) is 24.3 Å². The number of hydrogen-bond acceptors (Lipinski definition) is 3. The molecule has 24 heavy (non-hydrogen) atoms. The molecule has 0 unspecified atom stereocenters. The number of nitrogens with zero attached hydrogens (tertiary/aromatic N) is 1. The molecule has 128 valence electrons. The first-order chi connectivity index (χ1) is 11.4. The van der Waals surface area contributed by atoms with Crippen molar-refractivity contribution < 1.29 is 17.9 Å². The van der Waals surface area contributed by atoms with Crippen LogP contribution in [0.15, 0.2) is 48.5 Å². The van der Waals surface area contributed by atoms with Gasteiger partial charge in [-0.25, -0.2) is 0 Å². The van der Waals surface area contributed by atoms with Crippen LogP contribution in [-0.2, 0) is 0 Å².